The third-order valence-corrected chi connectivity index (χ3v) is 8.02. The fourth-order valence-corrected chi connectivity index (χ4v) is 5.57. The lowest BCUT2D eigenvalue weighted by Crippen LogP contribution is -2.51. The molecule has 3 fully saturated rings. The molecule has 0 unspecified atom stereocenters. The Morgan fingerprint density at radius 2 is 2.09 bits per heavy atom. The zero-order valence-corrected chi connectivity index (χ0v) is 20.3. The predicted molar refractivity (Wildman–Crippen MR) is 131 cm³/mol. The number of hydrogen-bond acceptors (Lipinski definition) is 9. The van der Waals surface area contributed by atoms with Crippen molar-refractivity contribution in [2.45, 2.75) is 44.6 Å². The van der Waals surface area contributed by atoms with Crippen molar-refractivity contribution in [3.63, 3.8) is 0 Å². The maximum atomic E-state index is 10.2. The first-order valence-electron chi connectivity index (χ1n) is 12.0. The maximum Gasteiger partial charge on any atom is 0.202 e. The largest absolute Gasteiger partial charge is 0.484 e. The van der Waals surface area contributed by atoms with E-state index in [1.54, 1.807) is 0 Å². The highest BCUT2D eigenvalue weighted by Gasteiger charge is 2.47. The first-order chi connectivity index (χ1) is 17.0. The number of nitrogens with two attached hydrogens (primary N) is 1. The molecule has 1 aromatic carbocycles. The van der Waals surface area contributed by atoms with Gasteiger partial charge in [0.2, 0.25) is 5.65 Å². The van der Waals surface area contributed by atoms with E-state index in [1.165, 1.54) is 0 Å². The Bertz CT molecular complexity index is 1240. The van der Waals surface area contributed by atoms with Crippen molar-refractivity contribution in [3.05, 3.63) is 28.9 Å². The van der Waals surface area contributed by atoms with Crippen molar-refractivity contribution in [1.29, 1.82) is 0 Å². The standard InChI is InChI=1S/C24H29ClN6O4/c1-13-21(26)24(12-34-13)5-7-31(8-6-24)23-16(9-32)27-20-19(29-30-22(20)28-23)15-3-2-4-17(18(15)25)35-14-10-33-11-14/h2-4,13-14,21,32H,5-12,26H2,1H3,(H,28,29,30)/t13-,21+/m0/s1. The number of rotatable bonds is 5. The van der Waals surface area contributed by atoms with Gasteiger partial charge in [-0.2, -0.15) is 5.10 Å². The van der Waals surface area contributed by atoms with Crippen molar-refractivity contribution in [1.82, 2.24) is 20.2 Å². The van der Waals surface area contributed by atoms with Gasteiger partial charge in [0.15, 0.2) is 5.82 Å². The molecular weight excluding hydrogens is 472 g/mol. The fraction of sp³-hybridized carbons (Fsp3) is 0.542. The van der Waals surface area contributed by atoms with Crippen LogP contribution in [0.4, 0.5) is 5.82 Å². The number of hydrogen-bond donors (Lipinski definition) is 3. The molecule has 0 aliphatic carbocycles. The predicted octanol–water partition coefficient (Wildman–Crippen LogP) is 2.28. The van der Waals surface area contributed by atoms with Crippen LogP contribution in [0, 0.1) is 5.41 Å². The molecule has 1 spiro atoms. The number of piperidine rings is 1. The molecule has 3 aliphatic rings. The SMILES string of the molecule is C[C@@H]1OCC2(CCN(c3nc4n[nH]c(-c5cccc(OC6COC6)c5Cl)c4nc3CO)CC2)[C@@H]1N. The van der Waals surface area contributed by atoms with Crippen LogP contribution < -0.4 is 15.4 Å². The Morgan fingerprint density at radius 1 is 1.29 bits per heavy atom. The van der Waals surface area contributed by atoms with Crippen LogP contribution in [0.2, 0.25) is 5.02 Å². The van der Waals surface area contributed by atoms with Crippen LogP contribution in [-0.4, -0.2) is 76.4 Å². The number of ether oxygens (including phenoxy) is 3. The molecule has 3 aromatic rings. The van der Waals surface area contributed by atoms with Crippen LogP contribution in [0.3, 0.4) is 0 Å². The van der Waals surface area contributed by atoms with E-state index in [0.29, 0.717) is 64.5 Å². The lowest BCUT2D eigenvalue weighted by atomic mass is 9.73. The Morgan fingerprint density at radius 3 is 2.74 bits per heavy atom. The first-order valence-corrected chi connectivity index (χ1v) is 12.4. The van der Waals surface area contributed by atoms with Crippen molar-refractivity contribution in [3.8, 4) is 17.0 Å². The molecule has 186 valence electrons. The van der Waals surface area contributed by atoms with Crippen LogP contribution in [-0.2, 0) is 16.1 Å². The number of benzene rings is 1. The summed E-state index contributed by atoms with van der Waals surface area (Å²) in [5.74, 6) is 1.24. The number of fused-ring (bicyclic) bond motifs is 1. The number of nitrogens with zero attached hydrogens (tertiary/aromatic N) is 4. The van der Waals surface area contributed by atoms with Gasteiger partial charge in [-0.1, -0.05) is 23.7 Å². The van der Waals surface area contributed by atoms with E-state index in [1.807, 2.05) is 25.1 Å². The van der Waals surface area contributed by atoms with Crippen LogP contribution in [0.15, 0.2) is 18.2 Å². The quantitative estimate of drug-likeness (QED) is 0.482. The molecule has 4 N–H and O–H groups in total. The lowest BCUT2D eigenvalue weighted by molar-refractivity contribution is -0.0796. The monoisotopic (exact) mass is 500 g/mol. The number of halogens is 1. The van der Waals surface area contributed by atoms with E-state index in [2.05, 4.69) is 15.1 Å². The number of H-pyrrole nitrogens is 1. The van der Waals surface area contributed by atoms with Gasteiger partial charge < -0.3 is 30.0 Å². The summed E-state index contributed by atoms with van der Waals surface area (Å²) in [4.78, 5) is 11.7. The van der Waals surface area contributed by atoms with E-state index in [9.17, 15) is 5.11 Å². The summed E-state index contributed by atoms with van der Waals surface area (Å²) in [5.41, 5.74) is 9.34. The zero-order valence-electron chi connectivity index (χ0n) is 19.5. The molecule has 3 saturated heterocycles. The molecular formula is C24H29ClN6O4. The summed E-state index contributed by atoms with van der Waals surface area (Å²) in [5, 5.41) is 18.1. The summed E-state index contributed by atoms with van der Waals surface area (Å²) >= 11 is 6.69. The average Bonchev–Trinajstić information content (AvgIpc) is 3.38. The highest BCUT2D eigenvalue weighted by Crippen LogP contribution is 2.43. The molecule has 2 atom stereocenters. The van der Waals surface area contributed by atoms with Crippen molar-refractivity contribution >= 4 is 28.6 Å². The van der Waals surface area contributed by atoms with Gasteiger partial charge in [0, 0.05) is 30.1 Å². The average molecular weight is 501 g/mol. The van der Waals surface area contributed by atoms with Gasteiger partial charge in [0.25, 0.3) is 0 Å². The molecule has 0 saturated carbocycles. The van der Waals surface area contributed by atoms with Crippen molar-refractivity contribution in [2.75, 3.05) is 37.8 Å². The van der Waals surface area contributed by atoms with Crippen LogP contribution >= 0.6 is 11.6 Å². The van der Waals surface area contributed by atoms with Crippen LogP contribution in [0.5, 0.6) is 5.75 Å². The minimum Gasteiger partial charge on any atom is -0.484 e. The lowest BCUT2D eigenvalue weighted by Gasteiger charge is -2.41. The Balaban J connectivity index is 1.30. The number of aromatic amines is 1. The Hall–Kier alpha value is -2.50. The molecule has 35 heavy (non-hydrogen) atoms. The van der Waals surface area contributed by atoms with E-state index < -0.39 is 0 Å². The molecule has 11 heteroatoms. The molecule has 0 radical (unpaired) electrons. The topological polar surface area (TPSA) is 132 Å². The number of anilines is 1. The first kappa shape index (κ1) is 22.9. The summed E-state index contributed by atoms with van der Waals surface area (Å²) in [6.45, 7) is 5.15. The highest BCUT2D eigenvalue weighted by atomic mass is 35.5. The zero-order chi connectivity index (χ0) is 24.2. The van der Waals surface area contributed by atoms with Gasteiger partial charge in [-0.05, 0) is 25.8 Å². The van der Waals surface area contributed by atoms with Gasteiger partial charge in [-0.15, -0.1) is 0 Å². The van der Waals surface area contributed by atoms with E-state index in [0.717, 1.165) is 25.9 Å². The molecule has 3 aliphatic heterocycles. The van der Waals surface area contributed by atoms with Crippen LogP contribution in [0.25, 0.3) is 22.4 Å². The molecule has 10 nitrogen and oxygen atoms in total. The van der Waals surface area contributed by atoms with Gasteiger partial charge in [-0.25, -0.2) is 9.97 Å². The minimum absolute atomic E-state index is 0.00170. The second-order valence-electron chi connectivity index (χ2n) is 9.71. The minimum atomic E-state index is -0.233. The highest BCUT2D eigenvalue weighted by molar-refractivity contribution is 6.35. The second-order valence-corrected chi connectivity index (χ2v) is 10.1. The molecule has 5 heterocycles. The van der Waals surface area contributed by atoms with Gasteiger partial charge in [0.05, 0.1) is 43.2 Å². The van der Waals surface area contributed by atoms with Crippen molar-refractivity contribution < 1.29 is 19.3 Å². The van der Waals surface area contributed by atoms with Gasteiger partial charge in [0.1, 0.15) is 23.1 Å². The number of aromatic nitrogens is 4. The van der Waals surface area contributed by atoms with E-state index in [4.69, 9.17) is 41.5 Å². The molecule has 0 amide bonds. The van der Waals surface area contributed by atoms with Gasteiger partial charge >= 0.3 is 0 Å². The second kappa shape index (κ2) is 8.86. The third kappa shape index (κ3) is 3.84. The molecule has 2 aromatic heterocycles. The molecule has 0 bridgehead atoms. The fourth-order valence-electron chi connectivity index (χ4n) is 5.30. The summed E-state index contributed by atoms with van der Waals surface area (Å²) in [6, 6.07) is 5.62. The summed E-state index contributed by atoms with van der Waals surface area (Å²) < 4.78 is 17.0. The van der Waals surface area contributed by atoms with Gasteiger partial charge in [-0.3, -0.25) is 5.10 Å². The third-order valence-electron chi connectivity index (χ3n) is 7.63. The van der Waals surface area contributed by atoms with E-state index in [-0.39, 0.29) is 30.3 Å². The Labute approximate surface area is 207 Å². The summed E-state index contributed by atoms with van der Waals surface area (Å²) in [7, 11) is 0. The summed E-state index contributed by atoms with van der Waals surface area (Å²) in [6.07, 6.45) is 1.89. The smallest absolute Gasteiger partial charge is 0.202 e. The normalized spacial score (nSPS) is 24.3. The van der Waals surface area contributed by atoms with Crippen LogP contribution in [0.1, 0.15) is 25.5 Å². The number of nitrogens with one attached hydrogen (secondary N) is 1. The maximum absolute atomic E-state index is 10.2. The Kier molecular flexibility index (Phi) is 5.81. The number of aliphatic hydroxyl groups excluding tert-OH is 1. The number of aliphatic hydroxyl groups is 1. The van der Waals surface area contributed by atoms with E-state index >= 15 is 0 Å². The van der Waals surface area contributed by atoms with Crippen molar-refractivity contribution in [2.24, 2.45) is 11.1 Å². The molecule has 6 rings (SSSR count).